The number of benzene rings is 3. The summed E-state index contributed by atoms with van der Waals surface area (Å²) in [4.78, 5) is 2.40. The van der Waals surface area contributed by atoms with Gasteiger partial charge in [0.25, 0.3) is 0 Å². The van der Waals surface area contributed by atoms with Gasteiger partial charge in [-0.05, 0) is 44.4 Å². The molecule has 3 rings (SSSR count). The van der Waals surface area contributed by atoms with E-state index < -0.39 is 0 Å². The minimum Gasteiger partial charge on any atom is -0.338 e. The van der Waals surface area contributed by atoms with E-state index in [4.69, 9.17) is 0 Å². The summed E-state index contributed by atoms with van der Waals surface area (Å²) in [6.07, 6.45) is 0. The normalized spacial score (nSPS) is 11.0. The highest BCUT2D eigenvalue weighted by Gasteiger charge is 2.15. The van der Waals surface area contributed by atoms with Gasteiger partial charge in [-0.2, -0.15) is 0 Å². The average molecular weight is 275 g/mol. The lowest BCUT2D eigenvalue weighted by Crippen LogP contribution is -2.25. The molecule has 0 aliphatic carbocycles. The van der Waals surface area contributed by atoms with E-state index in [-0.39, 0.29) is 0 Å². The van der Waals surface area contributed by atoms with Crippen molar-refractivity contribution in [3.8, 4) is 0 Å². The first kappa shape index (κ1) is 13.7. The predicted octanol–water partition coefficient (Wildman–Crippen LogP) is 5.69. The summed E-state index contributed by atoms with van der Waals surface area (Å²) in [5.74, 6) is 0. The molecule has 1 nitrogen and oxygen atoms in total. The highest BCUT2D eigenvalue weighted by Crippen LogP contribution is 2.34. The fourth-order valence-electron chi connectivity index (χ4n) is 2.84. The maximum absolute atomic E-state index is 2.40. The Morgan fingerprint density at radius 2 is 1.43 bits per heavy atom. The molecule has 0 fully saturated rings. The Morgan fingerprint density at radius 3 is 2.14 bits per heavy atom. The van der Waals surface area contributed by atoms with E-state index in [0.717, 1.165) is 0 Å². The smallest absolute Gasteiger partial charge is 0.0492 e. The fourth-order valence-corrected chi connectivity index (χ4v) is 2.84. The number of fused-ring (bicyclic) bond motifs is 1. The highest BCUT2D eigenvalue weighted by atomic mass is 15.2. The van der Waals surface area contributed by atoms with E-state index in [1.807, 2.05) is 0 Å². The van der Waals surface area contributed by atoms with Crippen molar-refractivity contribution in [2.45, 2.75) is 26.8 Å². The van der Waals surface area contributed by atoms with Crippen LogP contribution < -0.4 is 4.90 Å². The molecular formula is C20H21N. The van der Waals surface area contributed by atoms with Crippen molar-refractivity contribution >= 4 is 22.1 Å². The Hall–Kier alpha value is -2.28. The molecule has 0 atom stereocenters. The van der Waals surface area contributed by atoms with E-state index in [0.29, 0.717) is 6.04 Å². The summed E-state index contributed by atoms with van der Waals surface area (Å²) in [5.41, 5.74) is 3.80. The van der Waals surface area contributed by atoms with E-state index in [1.165, 1.54) is 27.7 Å². The lowest BCUT2D eigenvalue weighted by atomic mass is 10.1. The van der Waals surface area contributed by atoms with Gasteiger partial charge in [0.2, 0.25) is 0 Å². The molecule has 0 aliphatic rings. The molecule has 0 N–H and O–H groups in total. The van der Waals surface area contributed by atoms with Crippen LogP contribution in [0.25, 0.3) is 10.8 Å². The van der Waals surface area contributed by atoms with Crippen molar-refractivity contribution in [3.05, 3.63) is 72.3 Å². The Balaban J connectivity index is 2.18. The zero-order valence-electron chi connectivity index (χ0n) is 12.9. The predicted molar refractivity (Wildman–Crippen MR) is 92.4 cm³/mol. The minimum absolute atomic E-state index is 0.401. The molecule has 0 aliphatic heterocycles. The van der Waals surface area contributed by atoms with Gasteiger partial charge in [-0.1, -0.05) is 54.1 Å². The Labute approximate surface area is 126 Å². The van der Waals surface area contributed by atoms with Crippen LogP contribution in [0.2, 0.25) is 0 Å². The highest BCUT2D eigenvalue weighted by molar-refractivity contribution is 5.96. The summed E-state index contributed by atoms with van der Waals surface area (Å²) >= 11 is 0. The minimum atomic E-state index is 0.401. The molecule has 0 saturated carbocycles. The molecule has 0 amide bonds. The number of anilines is 2. The van der Waals surface area contributed by atoms with E-state index in [1.54, 1.807) is 0 Å². The number of aryl methyl sites for hydroxylation is 1. The standard InChI is InChI=1S/C20H21N/c1-15(2)21(18-13-11-16(3)12-14-18)20-10-6-8-17-7-4-5-9-19(17)20/h4-15H,1-3H3. The van der Waals surface area contributed by atoms with E-state index >= 15 is 0 Å². The zero-order valence-corrected chi connectivity index (χ0v) is 12.9. The molecule has 21 heavy (non-hydrogen) atoms. The van der Waals surface area contributed by atoms with Gasteiger partial charge < -0.3 is 4.90 Å². The molecule has 0 heterocycles. The second kappa shape index (κ2) is 5.61. The second-order valence-electron chi connectivity index (χ2n) is 5.80. The van der Waals surface area contributed by atoms with Crippen molar-refractivity contribution in [2.75, 3.05) is 4.90 Å². The molecule has 0 spiro atoms. The Bertz CT molecular complexity index is 736. The molecule has 106 valence electrons. The van der Waals surface area contributed by atoms with Crippen LogP contribution >= 0.6 is 0 Å². The van der Waals surface area contributed by atoms with Crippen molar-refractivity contribution in [3.63, 3.8) is 0 Å². The first-order valence-electron chi connectivity index (χ1n) is 7.50. The summed E-state index contributed by atoms with van der Waals surface area (Å²) in [6, 6.07) is 24.3. The summed E-state index contributed by atoms with van der Waals surface area (Å²) < 4.78 is 0. The van der Waals surface area contributed by atoms with E-state index in [9.17, 15) is 0 Å². The second-order valence-corrected chi connectivity index (χ2v) is 5.80. The maximum atomic E-state index is 2.40. The van der Waals surface area contributed by atoms with Crippen molar-refractivity contribution < 1.29 is 0 Å². The van der Waals surface area contributed by atoms with Gasteiger partial charge in [-0.25, -0.2) is 0 Å². The number of nitrogens with zero attached hydrogens (tertiary/aromatic N) is 1. The van der Waals surface area contributed by atoms with Crippen LogP contribution in [0.15, 0.2) is 66.7 Å². The molecule has 1 heteroatoms. The lowest BCUT2D eigenvalue weighted by Gasteiger charge is -2.30. The van der Waals surface area contributed by atoms with Crippen LogP contribution in [-0.2, 0) is 0 Å². The topological polar surface area (TPSA) is 3.24 Å². The van der Waals surface area contributed by atoms with Gasteiger partial charge >= 0.3 is 0 Å². The van der Waals surface area contributed by atoms with Crippen LogP contribution in [-0.4, -0.2) is 6.04 Å². The number of hydrogen-bond donors (Lipinski definition) is 0. The SMILES string of the molecule is Cc1ccc(N(c2cccc3ccccc23)C(C)C)cc1. The van der Waals surface area contributed by atoms with Crippen LogP contribution in [0, 0.1) is 6.92 Å². The van der Waals surface area contributed by atoms with Gasteiger partial charge in [-0.3, -0.25) is 0 Å². The third-order valence-electron chi connectivity index (χ3n) is 3.85. The molecular weight excluding hydrogens is 254 g/mol. The van der Waals surface area contributed by atoms with Crippen molar-refractivity contribution in [1.82, 2.24) is 0 Å². The quantitative estimate of drug-likeness (QED) is 0.593. The van der Waals surface area contributed by atoms with Gasteiger partial charge in [0.15, 0.2) is 0 Å². The molecule has 0 bridgehead atoms. The monoisotopic (exact) mass is 275 g/mol. The summed E-state index contributed by atoms with van der Waals surface area (Å²) in [5, 5.41) is 2.59. The van der Waals surface area contributed by atoms with Gasteiger partial charge in [0.05, 0.1) is 0 Å². The number of hydrogen-bond acceptors (Lipinski definition) is 1. The molecule has 0 radical (unpaired) electrons. The molecule has 3 aromatic carbocycles. The van der Waals surface area contributed by atoms with Gasteiger partial charge in [0.1, 0.15) is 0 Å². The van der Waals surface area contributed by atoms with Crippen molar-refractivity contribution in [1.29, 1.82) is 0 Å². The first-order chi connectivity index (χ1) is 10.2. The summed E-state index contributed by atoms with van der Waals surface area (Å²) in [7, 11) is 0. The zero-order chi connectivity index (χ0) is 14.8. The largest absolute Gasteiger partial charge is 0.338 e. The molecule has 0 saturated heterocycles. The van der Waals surface area contributed by atoms with Crippen molar-refractivity contribution in [2.24, 2.45) is 0 Å². The average Bonchev–Trinajstić information content (AvgIpc) is 2.49. The maximum Gasteiger partial charge on any atom is 0.0492 e. The third-order valence-corrected chi connectivity index (χ3v) is 3.85. The van der Waals surface area contributed by atoms with Crippen LogP contribution in [0.3, 0.4) is 0 Å². The van der Waals surface area contributed by atoms with Crippen LogP contribution in [0.5, 0.6) is 0 Å². The van der Waals surface area contributed by atoms with Gasteiger partial charge in [-0.15, -0.1) is 0 Å². The first-order valence-corrected chi connectivity index (χ1v) is 7.50. The number of rotatable bonds is 3. The third kappa shape index (κ3) is 2.64. The van der Waals surface area contributed by atoms with E-state index in [2.05, 4.69) is 92.4 Å². The molecule has 3 aromatic rings. The van der Waals surface area contributed by atoms with Crippen LogP contribution in [0.4, 0.5) is 11.4 Å². The molecule has 0 aromatic heterocycles. The summed E-state index contributed by atoms with van der Waals surface area (Å²) in [6.45, 7) is 6.60. The van der Waals surface area contributed by atoms with Gasteiger partial charge in [0, 0.05) is 22.8 Å². The fraction of sp³-hybridized carbons (Fsp3) is 0.200. The Morgan fingerprint density at radius 1 is 0.762 bits per heavy atom. The lowest BCUT2D eigenvalue weighted by molar-refractivity contribution is 0.791. The Kier molecular flexibility index (Phi) is 3.66. The molecule has 0 unspecified atom stereocenters. The van der Waals surface area contributed by atoms with Crippen LogP contribution in [0.1, 0.15) is 19.4 Å².